The van der Waals surface area contributed by atoms with Crippen molar-refractivity contribution in [1.82, 2.24) is 4.90 Å². The lowest BCUT2D eigenvalue weighted by atomic mass is 10.1. The number of hydrogen-bond donors (Lipinski definition) is 1. The van der Waals surface area contributed by atoms with Crippen molar-refractivity contribution in [2.75, 3.05) is 13.1 Å². The van der Waals surface area contributed by atoms with Gasteiger partial charge in [0.05, 0.1) is 13.1 Å². The fourth-order valence-electron chi connectivity index (χ4n) is 2.65. The predicted molar refractivity (Wildman–Crippen MR) is 62.7 cm³/mol. The summed E-state index contributed by atoms with van der Waals surface area (Å²) in [6, 6.07) is 3.53. The van der Waals surface area contributed by atoms with Gasteiger partial charge in [-0.15, -0.1) is 0 Å². The lowest BCUT2D eigenvalue weighted by molar-refractivity contribution is -0.158. The quantitative estimate of drug-likeness (QED) is 0.867. The largest absolute Gasteiger partial charge is 0.480 e. The molecule has 1 unspecified atom stereocenters. The Morgan fingerprint density at radius 1 is 1.40 bits per heavy atom. The summed E-state index contributed by atoms with van der Waals surface area (Å²) >= 11 is 0. The van der Waals surface area contributed by atoms with E-state index in [1.807, 2.05) is 0 Å². The molecule has 1 atom stereocenters. The van der Waals surface area contributed by atoms with E-state index >= 15 is 0 Å². The van der Waals surface area contributed by atoms with Crippen LogP contribution in [0, 0.1) is 5.82 Å². The number of nitrogens with zero attached hydrogens (tertiary/aromatic N) is 1. The first kappa shape index (κ1) is 14.8. The van der Waals surface area contributed by atoms with E-state index in [4.69, 9.17) is 5.11 Å². The van der Waals surface area contributed by atoms with Crippen molar-refractivity contribution in [2.24, 2.45) is 0 Å². The van der Waals surface area contributed by atoms with Gasteiger partial charge in [-0.3, -0.25) is 9.69 Å². The van der Waals surface area contributed by atoms with Crippen LogP contribution in [-0.4, -0.2) is 35.2 Å². The smallest absolute Gasteiger partial charge is 0.401 e. The molecule has 0 amide bonds. The highest BCUT2D eigenvalue weighted by Crippen LogP contribution is 2.38. The number of carboxylic acid groups (broad SMARTS) is 1. The van der Waals surface area contributed by atoms with Crippen LogP contribution in [0.5, 0.6) is 0 Å². The molecule has 0 radical (unpaired) electrons. The molecule has 2 rings (SSSR count). The van der Waals surface area contributed by atoms with Crippen LogP contribution in [0.15, 0.2) is 18.2 Å². The zero-order chi connectivity index (χ0) is 14.9. The van der Waals surface area contributed by atoms with Crippen LogP contribution in [0.4, 0.5) is 17.6 Å². The minimum atomic E-state index is -4.49. The van der Waals surface area contributed by atoms with Gasteiger partial charge >= 0.3 is 12.1 Å². The average Bonchev–Trinajstić information content (AvgIpc) is 2.70. The number of carboxylic acids is 1. The molecule has 0 heterocycles. The molecule has 0 saturated carbocycles. The van der Waals surface area contributed by atoms with E-state index < -0.39 is 37.1 Å². The predicted octanol–water partition coefficient (Wildman–Crippen LogP) is 2.76. The summed E-state index contributed by atoms with van der Waals surface area (Å²) < 4.78 is 51.2. The molecule has 110 valence electrons. The van der Waals surface area contributed by atoms with Crippen LogP contribution < -0.4 is 0 Å². The van der Waals surface area contributed by atoms with E-state index in [9.17, 15) is 22.4 Å². The molecule has 1 N–H and O–H groups in total. The number of benzene rings is 1. The van der Waals surface area contributed by atoms with Crippen molar-refractivity contribution >= 4 is 5.97 Å². The van der Waals surface area contributed by atoms with Crippen molar-refractivity contribution in [3.8, 4) is 0 Å². The molecule has 1 aromatic rings. The molecule has 0 bridgehead atoms. The second-order valence-corrected chi connectivity index (χ2v) is 4.78. The van der Waals surface area contributed by atoms with Crippen molar-refractivity contribution < 1.29 is 27.5 Å². The molecule has 0 aliphatic heterocycles. The number of rotatable bonds is 4. The maximum absolute atomic E-state index is 13.6. The Morgan fingerprint density at radius 2 is 2.10 bits per heavy atom. The Morgan fingerprint density at radius 3 is 2.70 bits per heavy atom. The molecule has 1 aliphatic carbocycles. The van der Waals surface area contributed by atoms with Gasteiger partial charge in [-0.1, -0.05) is 12.1 Å². The molecule has 7 heteroatoms. The third-order valence-corrected chi connectivity index (χ3v) is 3.34. The number of alkyl halides is 3. The van der Waals surface area contributed by atoms with Gasteiger partial charge < -0.3 is 5.11 Å². The van der Waals surface area contributed by atoms with Crippen molar-refractivity contribution in [2.45, 2.75) is 25.1 Å². The topological polar surface area (TPSA) is 40.5 Å². The van der Waals surface area contributed by atoms with Crippen molar-refractivity contribution in [3.63, 3.8) is 0 Å². The zero-order valence-corrected chi connectivity index (χ0v) is 10.5. The molecular formula is C13H13F4NO2. The molecule has 3 nitrogen and oxygen atoms in total. The molecule has 0 spiro atoms. The normalized spacial score (nSPS) is 18.4. The molecule has 0 saturated heterocycles. The van der Waals surface area contributed by atoms with Crippen LogP contribution in [0.2, 0.25) is 0 Å². The van der Waals surface area contributed by atoms with Gasteiger partial charge in [0, 0.05) is 6.04 Å². The first-order valence-electron chi connectivity index (χ1n) is 6.08. The van der Waals surface area contributed by atoms with Gasteiger partial charge in [0.25, 0.3) is 0 Å². The fraction of sp³-hybridized carbons (Fsp3) is 0.462. The molecule has 20 heavy (non-hydrogen) atoms. The van der Waals surface area contributed by atoms with Crippen LogP contribution >= 0.6 is 0 Å². The zero-order valence-electron chi connectivity index (χ0n) is 10.5. The monoisotopic (exact) mass is 291 g/mol. The van der Waals surface area contributed by atoms with E-state index in [1.54, 1.807) is 6.07 Å². The standard InChI is InChI=1S/C13H13F4NO2/c14-10-3-1-2-9-8(10)4-5-11(9)18(6-12(19)20)7-13(15,16)17/h1-3,11H,4-7H2,(H,19,20). The van der Waals surface area contributed by atoms with Gasteiger partial charge in [0.2, 0.25) is 0 Å². The number of fused-ring (bicyclic) bond motifs is 1. The van der Waals surface area contributed by atoms with Gasteiger partial charge in [0.15, 0.2) is 0 Å². The minimum absolute atomic E-state index is 0.291. The first-order valence-corrected chi connectivity index (χ1v) is 6.08. The maximum Gasteiger partial charge on any atom is 0.401 e. The van der Waals surface area contributed by atoms with E-state index in [0.717, 1.165) is 4.90 Å². The SMILES string of the molecule is O=C(O)CN(CC(F)(F)F)C1CCc2c(F)cccc21. The van der Waals surface area contributed by atoms with E-state index in [1.165, 1.54) is 12.1 Å². The summed E-state index contributed by atoms with van der Waals surface area (Å²) in [5, 5.41) is 8.76. The van der Waals surface area contributed by atoms with Crippen LogP contribution in [0.3, 0.4) is 0 Å². The molecule has 1 aromatic carbocycles. The molecule has 1 aliphatic rings. The first-order chi connectivity index (χ1) is 9.28. The number of hydrogen-bond acceptors (Lipinski definition) is 2. The lowest BCUT2D eigenvalue weighted by Crippen LogP contribution is -2.39. The highest BCUT2D eigenvalue weighted by Gasteiger charge is 2.38. The van der Waals surface area contributed by atoms with Crippen molar-refractivity contribution in [1.29, 1.82) is 0 Å². The summed E-state index contributed by atoms with van der Waals surface area (Å²) in [6.07, 6.45) is -3.88. The number of halogens is 4. The summed E-state index contributed by atoms with van der Waals surface area (Å²) in [5.41, 5.74) is 0.838. The highest BCUT2D eigenvalue weighted by atomic mass is 19.4. The Bertz CT molecular complexity index is 516. The van der Waals surface area contributed by atoms with E-state index in [2.05, 4.69) is 0 Å². The Kier molecular flexibility index (Phi) is 3.99. The number of carbonyl (C=O) groups is 1. The summed E-state index contributed by atoms with van der Waals surface area (Å²) in [7, 11) is 0. The van der Waals surface area contributed by atoms with Gasteiger partial charge in [0.1, 0.15) is 5.82 Å². The van der Waals surface area contributed by atoms with E-state index in [0.29, 0.717) is 24.0 Å². The second kappa shape index (κ2) is 5.40. The highest BCUT2D eigenvalue weighted by molar-refractivity contribution is 5.69. The summed E-state index contributed by atoms with van der Waals surface area (Å²) in [5.74, 6) is -1.79. The molecule has 0 aromatic heterocycles. The Labute approximate surface area is 112 Å². The van der Waals surface area contributed by atoms with Crippen LogP contribution in [0.1, 0.15) is 23.6 Å². The van der Waals surface area contributed by atoms with Crippen LogP contribution in [0.25, 0.3) is 0 Å². The van der Waals surface area contributed by atoms with Gasteiger partial charge in [-0.05, 0) is 30.0 Å². The number of aliphatic carboxylic acids is 1. The Balaban J connectivity index is 2.28. The fourth-order valence-corrected chi connectivity index (χ4v) is 2.65. The van der Waals surface area contributed by atoms with Gasteiger partial charge in [-0.2, -0.15) is 13.2 Å². The third-order valence-electron chi connectivity index (χ3n) is 3.34. The molecular weight excluding hydrogens is 278 g/mol. The van der Waals surface area contributed by atoms with Crippen molar-refractivity contribution in [3.05, 3.63) is 35.1 Å². The summed E-state index contributed by atoms with van der Waals surface area (Å²) in [4.78, 5) is 11.6. The third kappa shape index (κ3) is 3.27. The van der Waals surface area contributed by atoms with E-state index in [-0.39, 0.29) is 0 Å². The van der Waals surface area contributed by atoms with Crippen LogP contribution in [-0.2, 0) is 11.2 Å². The minimum Gasteiger partial charge on any atom is -0.480 e. The second-order valence-electron chi connectivity index (χ2n) is 4.78. The van der Waals surface area contributed by atoms with Gasteiger partial charge in [-0.25, -0.2) is 4.39 Å². The molecule has 0 fully saturated rings. The lowest BCUT2D eigenvalue weighted by Gasteiger charge is -2.28. The maximum atomic E-state index is 13.6. The summed E-state index contributed by atoms with van der Waals surface area (Å²) in [6.45, 7) is -2.04. The average molecular weight is 291 g/mol. The Hall–Kier alpha value is -1.63.